The van der Waals surface area contributed by atoms with Crippen molar-refractivity contribution in [2.24, 2.45) is 0 Å². The first kappa shape index (κ1) is 21.7. The molecule has 0 aliphatic heterocycles. The first-order valence-electron chi connectivity index (χ1n) is 9.81. The summed E-state index contributed by atoms with van der Waals surface area (Å²) in [5.74, 6) is 0.956. The number of benzene rings is 2. The third kappa shape index (κ3) is 7.08. The second-order valence-electron chi connectivity index (χ2n) is 7.01. The lowest BCUT2D eigenvalue weighted by Gasteiger charge is -2.10. The van der Waals surface area contributed by atoms with Crippen molar-refractivity contribution in [1.29, 1.82) is 0 Å². The monoisotopic (exact) mass is 419 g/mol. The van der Waals surface area contributed by atoms with Gasteiger partial charge in [0.2, 0.25) is 5.91 Å². The van der Waals surface area contributed by atoms with Gasteiger partial charge in [0.05, 0.1) is 19.4 Å². The number of carbonyl (C=O) groups excluding carboxylic acids is 2. The normalized spacial score (nSPS) is 10.2. The second-order valence-corrected chi connectivity index (χ2v) is 7.01. The molecule has 7 heteroatoms. The standard InChI is InChI=1S/C24H25N3O4/c1-17(2)16-31-21-10-8-19(9-11-21)27-23(28)15-25-20-6-3-5-18(13-20)24(29)26-14-22-7-4-12-30-22/h3-13,25H,1,14-16H2,2H3,(H,26,29)(H,27,28). The van der Waals surface area contributed by atoms with Crippen LogP contribution in [0.5, 0.6) is 5.75 Å². The van der Waals surface area contributed by atoms with Crippen LogP contribution in [0.1, 0.15) is 23.0 Å². The van der Waals surface area contributed by atoms with E-state index in [2.05, 4.69) is 22.5 Å². The van der Waals surface area contributed by atoms with E-state index in [1.54, 1.807) is 66.9 Å². The molecule has 1 aromatic heterocycles. The zero-order valence-electron chi connectivity index (χ0n) is 17.3. The molecule has 31 heavy (non-hydrogen) atoms. The fourth-order valence-corrected chi connectivity index (χ4v) is 2.68. The van der Waals surface area contributed by atoms with Crippen molar-refractivity contribution in [2.45, 2.75) is 13.5 Å². The topological polar surface area (TPSA) is 92.6 Å². The molecular formula is C24H25N3O4. The molecule has 0 radical (unpaired) electrons. The van der Waals surface area contributed by atoms with Crippen LogP contribution in [0.4, 0.5) is 11.4 Å². The molecule has 0 saturated heterocycles. The minimum atomic E-state index is -0.224. The summed E-state index contributed by atoms with van der Waals surface area (Å²) in [6, 6.07) is 17.6. The van der Waals surface area contributed by atoms with E-state index in [0.29, 0.717) is 41.6 Å². The van der Waals surface area contributed by atoms with Gasteiger partial charge in [0, 0.05) is 16.9 Å². The van der Waals surface area contributed by atoms with Gasteiger partial charge in [0.1, 0.15) is 18.1 Å². The number of hydrogen-bond acceptors (Lipinski definition) is 5. The summed E-state index contributed by atoms with van der Waals surface area (Å²) in [4.78, 5) is 24.5. The summed E-state index contributed by atoms with van der Waals surface area (Å²) in [6.45, 7) is 6.51. The van der Waals surface area contributed by atoms with Gasteiger partial charge < -0.3 is 25.1 Å². The third-order valence-electron chi connectivity index (χ3n) is 4.20. The van der Waals surface area contributed by atoms with Crippen LogP contribution in [0.2, 0.25) is 0 Å². The molecule has 2 amide bonds. The first-order chi connectivity index (χ1) is 15.0. The lowest BCUT2D eigenvalue weighted by Crippen LogP contribution is -2.23. The molecule has 1 heterocycles. The first-order valence-corrected chi connectivity index (χ1v) is 9.81. The fraction of sp³-hybridized carbons (Fsp3) is 0.167. The SMILES string of the molecule is C=C(C)COc1ccc(NC(=O)CNc2cccc(C(=O)NCc3ccco3)c2)cc1. The number of amides is 2. The summed E-state index contributed by atoms with van der Waals surface area (Å²) in [7, 11) is 0. The Morgan fingerprint density at radius 3 is 2.55 bits per heavy atom. The van der Waals surface area contributed by atoms with E-state index in [-0.39, 0.29) is 18.4 Å². The van der Waals surface area contributed by atoms with Gasteiger partial charge in [-0.1, -0.05) is 12.6 Å². The number of anilines is 2. The van der Waals surface area contributed by atoms with E-state index in [1.165, 1.54) is 0 Å². The second kappa shape index (κ2) is 10.7. The largest absolute Gasteiger partial charge is 0.489 e. The summed E-state index contributed by atoms with van der Waals surface area (Å²) in [5.41, 5.74) is 2.76. The Balaban J connectivity index is 1.47. The van der Waals surface area contributed by atoms with E-state index in [4.69, 9.17) is 9.15 Å². The number of hydrogen-bond donors (Lipinski definition) is 3. The number of furan rings is 1. The summed E-state index contributed by atoms with van der Waals surface area (Å²) < 4.78 is 10.7. The van der Waals surface area contributed by atoms with Crippen molar-refractivity contribution in [3.8, 4) is 5.75 Å². The number of ether oxygens (including phenoxy) is 1. The molecule has 0 atom stereocenters. The summed E-state index contributed by atoms with van der Waals surface area (Å²) in [5, 5.41) is 8.63. The van der Waals surface area contributed by atoms with Gasteiger partial charge >= 0.3 is 0 Å². The Morgan fingerprint density at radius 1 is 1.03 bits per heavy atom. The molecule has 3 rings (SSSR count). The molecule has 2 aromatic carbocycles. The van der Waals surface area contributed by atoms with Crippen molar-refractivity contribution < 1.29 is 18.7 Å². The average molecular weight is 419 g/mol. The quantitative estimate of drug-likeness (QED) is 0.428. The number of carbonyl (C=O) groups is 2. The maximum Gasteiger partial charge on any atom is 0.251 e. The minimum absolute atomic E-state index is 0.0609. The zero-order valence-corrected chi connectivity index (χ0v) is 17.3. The molecule has 3 aromatic rings. The Morgan fingerprint density at radius 2 is 1.84 bits per heavy atom. The van der Waals surface area contributed by atoms with Gasteiger partial charge in [-0.3, -0.25) is 9.59 Å². The lowest BCUT2D eigenvalue weighted by molar-refractivity contribution is -0.114. The van der Waals surface area contributed by atoms with E-state index in [9.17, 15) is 9.59 Å². The van der Waals surface area contributed by atoms with Gasteiger partial charge in [0.15, 0.2) is 0 Å². The van der Waals surface area contributed by atoms with Crippen molar-refractivity contribution in [3.05, 3.63) is 90.4 Å². The summed E-state index contributed by atoms with van der Waals surface area (Å²) in [6.07, 6.45) is 1.56. The van der Waals surface area contributed by atoms with E-state index >= 15 is 0 Å². The molecule has 0 spiro atoms. The molecular weight excluding hydrogens is 394 g/mol. The highest BCUT2D eigenvalue weighted by atomic mass is 16.5. The molecule has 160 valence electrons. The maximum atomic E-state index is 12.3. The molecule has 0 aliphatic carbocycles. The molecule has 0 unspecified atom stereocenters. The van der Waals surface area contributed by atoms with Crippen LogP contribution in [0.15, 0.2) is 83.5 Å². The van der Waals surface area contributed by atoms with Crippen molar-refractivity contribution in [1.82, 2.24) is 5.32 Å². The fourth-order valence-electron chi connectivity index (χ4n) is 2.68. The van der Waals surface area contributed by atoms with Crippen LogP contribution in [0, 0.1) is 0 Å². The molecule has 0 bridgehead atoms. The summed E-state index contributed by atoms with van der Waals surface area (Å²) >= 11 is 0. The smallest absolute Gasteiger partial charge is 0.251 e. The molecule has 0 fully saturated rings. The van der Waals surface area contributed by atoms with Crippen LogP contribution >= 0.6 is 0 Å². The van der Waals surface area contributed by atoms with E-state index in [1.807, 2.05) is 6.92 Å². The van der Waals surface area contributed by atoms with Crippen LogP contribution < -0.4 is 20.7 Å². The molecule has 0 saturated carbocycles. The van der Waals surface area contributed by atoms with Gasteiger partial charge in [-0.25, -0.2) is 0 Å². The minimum Gasteiger partial charge on any atom is -0.489 e. The van der Waals surface area contributed by atoms with Crippen molar-refractivity contribution >= 4 is 23.2 Å². The molecule has 7 nitrogen and oxygen atoms in total. The Hall–Kier alpha value is -4.00. The van der Waals surface area contributed by atoms with Gasteiger partial charge in [0.25, 0.3) is 5.91 Å². The highest BCUT2D eigenvalue weighted by molar-refractivity contribution is 5.96. The Bertz CT molecular complexity index is 1030. The Labute approximate surface area is 181 Å². The molecule has 3 N–H and O–H groups in total. The number of nitrogens with one attached hydrogen (secondary N) is 3. The Kier molecular flexibility index (Phi) is 7.48. The van der Waals surface area contributed by atoms with Gasteiger partial charge in [-0.05, 0) is 67.1 Å². The maximum absolute atomic E-state index is 12.3. The lowest BCUT2D eigenvalue weighted by atomic mass is 10.2. The number of rotatable bonds is 10. The van der Waals surface area contributed by atoms with Crippen molar-refractivity contribution in [2.75, 3.05) is 23.8 Å². The van der Waals surface area contributed by atoms with E-state index in [0.717, 1.165) is 5.57 Å². The van der Waals surface area contributed by atoms with Crippen LogP contribution in [-0.4, -0.2) is 25.0 Å². The zero-order chi connectivity index (χ0) is 22.1. The van der Waals surface area contributed by atoms with Crippen molar-refractivity contribution in [3.63, 3.8) is 0 Å². The van der Waals surface area contributed by atoms with E-state index < -0.39 is 0 Å². The predicted molar refractivity (Wildman–Crippen MR) is 120 cm³/mol. The van der Waals surface area contributed by atoms with Crippen LogP contribution in [0.3, 0.4) is 0 Å². The highest BCUT2D eigenvalue weighted by Gasteiger charge is 2.08. The predicted octanol–water partition coefficient (Wildman–Crippen LogP) is 4.22. The van der Waals surface area contributed by atoms with Gasteiger partial charge in [-0.2, -0.15) is 0 Å². The molecule has 0 aliphatic rings. The van der Waals surface area contributed by atoms with Gasteiger partial charge in [-0.15, -0.1) is 0 Å². The average Bonchev–Trinajstić information content (AvgIpc) is 3.29. The third-order valence-corrected chi connectivity index (χ3v) is 4.20. The highest BCUT2D eigenvalue weighted by Crippen LogP contribution is 2.16. The van der Waals surface area contributed by atoms with Crippen LogP contribution in [-0.2, 0) is 11.3 Å². The van der Waals surface area contributed by atoms with Crippen LogP contribution in [0.25, 0.3) is 0 Å².